The molecule has 1 aliphatic heterocycles. The van der Waals surface area contributed by atoms with E-state index in [0.717, 1.165) is 23.3 Å². The first kappa shape index (κ1) is 24.5. The van der Waals surface area contributed by atoms with Crippen LogP contribution in [0.25, 0.3) is 0 Å². The fraction of sp³-hybridized carbons (Fsp3) is 0.393. The number of hydrogen-bond acceptors (Lipinski definition) is 5. The predicted molar refractivity (Wildman–Crippen MR) is 137 cm³/mol. The summed E-state index contributed by atoms with van der Waals surface area (Å²) in [5.74, 6) is 0.896. The van der Waals surface area contributed by atoms with Gasteiger partial charge in [-0.2, -0.15) is 0 Å². The highest BCUT2D eigenvalue weighted by atomic mass is 32.1. The van der Waals surface area contributed by atoms with E-state index >= 15 is 0 Å². The first-order chi connectivity index (χ1) is 16.4. The predicted octanol–water partition coefficient (Wildman–Crippen LogP) is 5.01. The van der Waals surface area contributed by atoms with Gasteiger partial charge in [-0.05, 0) is 67.5 Å². The third-order valence-corrected chi connectivity index (χ3v) is 7.47. The zero-order valence-corrected chi connectivity index (χ0v) is 21.0. The number of hydrogen-bond donors (Lipinski definition) is 1. The van der Waals surface area contributed by atoms with Crippen molar-refractivity contribution in [3.8, 4) is 5.75 Å². The smallest absolute Gasteiger partial charge is 0.237 e. The van der Waals surface area contributed by atoms with E-state index in [0.29, 0.717) is 19.7 Å². The molecule has 6 heteroatoms. The van der Waals surface area contributed by atoms with Crippen molar-refractivity contribution in [2.45, 2.75) is 45.4 Å². The molecule has 1 amide bonds. The molecule has 3 aromatic rings. The fourth-order valence-electron chi connectivity index (χ4n) is 4.48. The minimum Gasteiger partial charge on any atom is -0.491 e. The number of benzene rings is 2. The van der Waals surface area contributed by atoms with Gasteiger partial charge in [-0.15, -0.1) is 11.3 Å². The van der Waals surface area contributed by atoms with Crippen LogP contribution in [-0.4, -0.2) is 53.1 Å². The molecule has 2 unspecified atom stereocenters. The summed E-state index contributed by atoms with van der Waals surface area (Å²) in [6.07, 6.45) is 0.232. The Hall–Kier alpha value is -2.67. The molecule has 1 aliphatic rings. The Morgan fingerprint density at radius 3 is 2.71 bits per heavy atom. The average Bonchev–Trinajstić information content (AvgIpc) is 3.31. The first-order valence-electron chi connectivity index (χ1n) is 11.9. The molecule has 2 atom stereocenters. The van der Waals surface area contributed by atoms with Gasteiger partial charge in [0.15, 0.2) is 0 Å². The number of nitrogens with zero attached hydrogens (tertiary/aromatic N) is 2. The number of amides is 1. The van der Waals surface area contributed by atoms with Gasteiger partial charge in [0.1, 0.15) is 12.4 Å². The maximum atomic E-state index is 13.6. The number of fused-ring (bicyclic) bond motifs is 1. The molecule has 0 radical (unpaired) electrons. The Bertz CT molecular complexity index is 1080. The number of thiophene rings is 1. The summed E-state index contributed by atoms with van der Waals surface area (Å²) in [5, 5.41) is 12.9. The number of rotatable bonds is 9. The van der Waals surface area contributed by atoms with Crippen LogP contribution in [0.1, 0.15) is 47.6 Å². The quantitative estimate of drug-likeness (QED) is 0.470. The van der Waals surface area contributed by atoms with Crippen LogP contribution in [0.4, 0.5) is 0 Å². The van der Waals surface area contributed by atoms with Gasteiger partial charge in [-0.25, -0.2) is 0 Å². The standard InChI is InChI=1S/C28H34N2O3S/c1-20(2)29(17-26(31)22-9-5-4-6-10-22)18-28(32)30-14-12-27-24(13-15-34-27)25(30)19-33-23-11-7-8-21(3)16-23/h4-11,13,15-16,20,25-26,31H,12,14,17-19H2,1-3H3. The zero-order valence-electron chi connectivity index (χ0n) is 20.2. The van der Waals surface area contributed by atoms with E-state index in [1.54, 1.807) is 11.3 Å². The van der Waals surface area contributed by atoms with Crippen molar-refractivity contribution in [1.82, 2.24) is 9.80 Å². The molecule has 1 aromatic heterocycles. The monoisotopic (exact) mass is 478 g/mol. The van der Waals surface area contributed by atoms with E-state index in [1.807, 2.05) is 66.4 Å². The zero-order chi connectivity index (χ0) is 24.1. The van der Waals surface area contributed by atoms with Crippen molar-refractivity contribution >= 4 is 17.2 Å². The highest BCUT2D eigenvalue weighted by Crippen LogP contribution is 2.34. The lowest BCUT2D eigenvalue weighted by atomic mass is 10.00. The van der Waals surface area contributed by atoms with E-state index in [4.69, 9.17) is 4.74 Å². The van der Waals surface area contributed by atoms with Crippen LogP contribution in [-0.2, 0) is 11.2 Å². The second-order valence-electron chi connectivity index (χ2n) is 9.23. The summed E-state index contributed by atoms with van der Waals surface area (Å²) in [4.78, 5) is 18.9. The fourth-order valence-corrected chi connectivity index (χ4v) is 5.41. The molecule has 4 rings (SSSR count). The molecule has 0 fully saturated rings. The molecular formula is C28H34N2O3S. The summed E-state index contributed by atoms with van der Waals surface area (Å²) in [6.45, 7) is 7.96. The van der Waals surface area contributed by atoms with Gasteiger partial charge >= 0.3 is 0 Å². The molecule has 0 saturated heterocycles. The van der Waals surface area contributed by atoms with Crippen molar-refractivity contribution in [3.63, 3.8) is 0 Å². The molecular weight excluding hydrogens is 444 g/mol. The van der Waals surface area contributed by atoms with Crippen LogP contribution < -0.4 is 4.74 Å². The Labute approximate surface area is 206 Å². The number of aliphatic hydroxyl groups excluding tert-OH is 1. The highest BCUT2D eigenvalue weighted by molar-refractivity contribution is 7.10. The maximum Gasteiger partial charge on any atom is 0.237 e. The molecule has 0 bridgehead atoms. The largest absolute Gasteiger partial charge is 0.491 e. The lowest BCUT2D eigenvalue weighted by Gasteiger charge is -2.38. The molecule has 2 aromatic carbocycles. The van der Waals surface area contributed by atoms with Crippen molar-refractivity contribution in [1.29, 1.82) is 0 Å². The number of aliphatic hydroxyl groups is 1. The molecule has 1 N–H and O–H groups in total. The molecule has 0 aliphatic carbocycles. The van der Waals surface area contributed by atoms with Crippen LogP contribution >= 0.6 is 11.3 Å². The van der Waals surface area contributed by atoms with Crippen LogP contribution in [0.2, 0.25) is 0 Å². The van der Waals surface area contributed by atoms with Crippen molar-refractivity contribution in [2.75, 3.05) is 26.2 Å². The lowest BCUT2D eigenvalue weighted by molar-refractivity contribution is -0.137. The van der Waals surface area contributed by atoms with Crippen LogP contribution in [0.15, 0.2) is 66.0 Å². The third kappa shape index (κ3) is 5.87. The molecule has 0 spiro atoms. The second kappa shape index (κ2) is 11.2. The van der Waals surface area contributed by atoms with Gasteiger partial charge in [0, 0.05) is 24.0 Å². The summed E-state index contributed by atoms with van der Waals surface area (Å²) in [6, 6.07) is 19.8. The third-order valence-electron chi connectivity index (χ3n) is 6.47. The SMILES string of the molecule is Cc1cccc(OCC2c3ccsc3CCN2C(=O)CN(CC(O)c2ccccc2)C(C)C)c1. The van der Waals surface area contributed by atoms with Crippen LogP contribution in [0.5, 0.6) is 5.75 Å². The summed E-state index contributed by atoms with van der Waals surface area (Å²) >= 11 is 1.75. The van der Waals surface area contributed by atoms with E-state index < -0.39 is 6.10 Å². The van der Waals surface area contributed by atoms with Gasteiger partial charge in [0.05, 0.1) is 18.7 Å². The Kier molecular flexibility index (Phi) is 8.03. The summed E-state index contributed by atoms with van der Waals surface area (Å²) < 4.78 is 6.16. The average molecular weight is 479 g/mol. The Balaban J connectivity index is 1.47. The molecule has 180 valence electrons. The van der Waals surface area contributed by atoms with Crippen molar-refractivity contribution in [3.05, 3.63) is 87.6 Å². The Morgan fingerprint density at radius 1 is 1.18 bits per heavy atom. The Morgan fingerprint density at radius 2 is 1.97 bits per heavy atom. The van der Waals surface area contributed by atoms with Gasteiger partial charge in [-0.3, -0.25) is 9.69 Å². The van der Waals surface area contributed by atoms with Crippen molar-refractivity contribution in [2.24, 2.45) is 0 Å². The van der Waals surface area contributed by atoms with Gasteiger partial charge in [0.2, 0.25) is 5.91 Å². The summed E-state index contributed by atoms with van der Waals surface area (Å²) in [5.41, 5.74) is 3.21. The number of aryl methyl sites for hydroxylation is 1. The summed E-state index contributed by atoms with van der Waals surface area (Å²) in [7, 11) is 0. The lowest BCUT2D eigenvalue weighted by Crippen LogP contribution is -2.48. The van der Waals surface area contributed by atoms with Gasteiger partial charge in [-0.1, -0.05) is 42.5 Å². The number of carbonyl (C=O) groups excluding carboxylic acids is 1. The highest BCUT2D eigenvalue weighted by Gasteiger charge is 2.33. The topological polar surface area (TPSA) is 53.0 Å². The molecule has 2 heterocycles. The van der Waals surface area contributed by atoms with E-state index in [1.165, 1.54) is 10.4 Å². The molecule has 34 heavy (non-hydrogen) atoms. The van der Waals surface area contributed by atoms with Crippen LogP contribution in [0.3, 0.4) is 0 Å². The normalized spacial score (nSPS) is 16.5. The molecule has 0 saturated carbocycles. The van der Waals surface area contributed by atoms with Gasteiger partial charge < -0.3 is 14.7 Å². The van der Waals surface area contributed by atoms with Crippen molar-refractivity contribution < 1.29 is 14.6 Å². The number of carbonyl (C=O) groups is 1. The second-order valence-corrected chi connectivity index (χ2v) is 10.2. The minimum absolute atomic E-state index is 0.0728. The maximum absolute atomic E-state index is 13.6. The van der Waals surface area contributed by atoms with E-state index in [2.05, 4.69) is 30.2 Å². The van der Waals surface area contributed by atoms with Gasteiger partial charge in [0.25, 0.3) is 0 Å². The minimum atomic E-state index is -0.637. The number of ether oxygens (including phenoxy) is 1. The molecule has 5 nitrogen and oxygen atoms in total. The first-order valence-corrected chi connectivity index (χ1v) is 12.8. The van der Waals surface area contributed by atoms with E-state index in [-0.39, 0.29) is 24.5 Å². The van der Waals surface area contributed by atoms with E-state index in [9.17, 15) is 9.90 Å². The van der Waals surface area contributed by atoms with Crippen LogP contribution in [0, 0.1) is 6.92 Å².